The van der Waals surface area contributed by atoms with Gasteiger partial charge >= 0.3 is 12.1 Å². The third kappa shape index (κ3) is 2.47. The summed E-state index contributed by atoms with van der Waals surface area (Å²) in [4.78, 5) is 38.3. The van der Waals surface area contributed by atoms with Crippen molar-refractivity contribution in [2.24, 2.45) is 0 Å². The van der Waals surface area contributed by atoms with Gasteiger partial charge in [0.2, 0.25) is 6.79 Å². The van der Waals surface area contributed by atoms with E-state index in [0.717, 1.165) is 4.90 Å². The number of amides is 4. The molecule has 0 bridgehead atoms. The third-order valence-electron chi connectivity index (χ3n) is 4.22. The number of hydrogen-bond donors (Lipinski definition) is 1. The summed E-state index contributed by atoms with van der Waals surface area (Å²) in [5, 5.41) is 2.78. The molecule has 0 aromatic heterocycles. The fourth-order valence-electron chi connectivity index (χ4n) is 3.03. The minimum absolute atomic E-state index is 0.167. The van der Waals surface area contributed by atoms with Crippen molar-refractivity contribution in [3.63, 3.8) is 0 Å². The van der Waals surface area contributed by atoms with Crippen LogP contribution in [0.5, 0.6) is 11.5 Å². The molecule has 1 unspecified atom stereocenters. The highest BCUT2D eigenvalue weighted by Crippen LogP contribution is 2.34. The summed E-state index contributed by atoms with van der Waals surface area (Å²) in [7, 11) is 0. The van der Waals surface area contributed by atoms with Gasteiger partial charge in [0.15, 0.2) is 18.1 Å². The zero-order valence-electron chi connectivity index (χ0n) is 12.7. The maximum atomic E-state index is 12.4. The second-order valence-corrected chi connectivity index (χ2v) is 5.71. The van der Waals surface area contributed by atoms with Crippen LogP contribution in [-0.4, -0.2) is 60.4 Å². The van der Waals surface area contributed by atoms with E-state index in [4.69, 9.17) is 14.2 Å². The number of cyclic esters (lactones) is 1. The minimum Gasteiger partial charge on any atom is -0.454 e. The number of hydrogen-bond acceptors (Lipinski definition) is 6. The van der Waals surface area contributed by atoms with Crippen LogP contribution in [0.25, 0.3) is 0 Å². The quantitative estimate of drug-likeness (QED) is 0.867. The molecular weight excluding hydrogens is 318 g/mol. The third-order valence-corrected chi connectivity index (χ3v) is 4.22. The number of rotatable bonds is 2. The van der Waals surface area contributed by atoms with E-state index in [2.05, 4.69) is 5.32 Å². The molecule has 9 nitrogen and oxygen atoms in total. The molecule has 4 amide bonds. The summed E-state index contributed by atoms with van der Waals surface area (Å²) < 4.78 is 15.2. The summed E-state index contributed by atoms with van der Waals surface area (Å²) in [5.41, 5.74) is 0.587. The lowest BCUT2D eigenvalue weighted by molar-refractivity contribution is -0.127. The van der Waals surface area contributed by atoms with Crippen LogP contribution in [0.4, 0.5) is 15.3 Å². The van der Waals surface area contributed by atoms with E-state index in [0.29, 0.717) is 30.2 Å². The Bertz CT molecular complexity index is 705. The number of nitrogens with zero attached hydrogens (tertiary/aromatic N) is 2. The van der Waals surface area contributed by atoms with Crippen molar-refractivity contribution in [2.45, 2.75) is 12.5 Å². The van der Waals surface area contributed by atoms with Crippen molar-refractivity contribution >= 4 is 23.7 Å². The molecule has 0 radical (unpaired) electrons. The number of ether oxygens (including phenoxy) is 3. The fraction of sp³-hybridized carbons (Fsp3) is 0.400. The lowest BCUT2D eigenvalue weighted by atomic mass is 10.2. The number of imide groups is 1. The molecule has 3 aliphatic heterocycles. The van der Waals surface area contributed by atoms with E-state index < -0.39 is 6.09 Å². The molecule has 3 aliphatic rings. The standard InChI is InChI=1S/C15H15N3O6/c19-13-7-22-15(21)18(13)10-3-4-17(6-10)14(20)16-9-1-2-11-12(5-9)24-8-23-11/h1-2,5,10H,3-4,6-8H2,(H,16,20). The van der Waals surface area contributed by atoms with Crippen LogP contribution >= 0.6 is 0 Å². The largest absolute Gasteiger partial charge is 0.454 e. The first kappa shape index (κ1) is 14.6. The normalized spacial score (nSPS) is 22.1. The molecular formula is C15H15N3O6. The summed E-state index contributed by atoms with van der Waals surface area (Å²) in [5.74, 6) is 0.862. The molecule has 1 aromatic rings. The lowest BCUT2D eigenvalue weighted by Crippen LogP contribution is -2.42. The van der Waals surface area contributed by atoms with Gasteiger partial charge in [-0.1, -0.05) is 0 Å². The number of anilines is 1. The molecule has 1 atom stereocenters. The number of urea groups is 1. The number of likely N-dealkylation sites (tertiary alicyclic amines) is 1. The molecule has 2 saturated heterocycles. The zero-order chi connectivity index (χ0) is 16.7. The second-order valence-electron chi connectivity index (χ2n) is 5.71. The molecule has 3 heterocycles. The minimum atomic E-state index is -0.636. The molecule has 0 aliphatic carbocycles. The van der Waals surface area contributed by atoms with E-state index in [1.807, 2.05) is 0 Å². The number of benzene rings is 1. The predicted molar refractivity (Wildman–Crippen MR) is 79.8 cm³/mol. The molecule has 126 valence electrons. The number of carbonyl (C=O) groups is 3. The molecule has 0 spiro atoms. The Labute approximate surface area is 137 Å². The van der Waals surface area contributed by atoms with Crippen molar-refractivity contribution in [3.8, 4) is 11.5 Å². The topological polar surface area (TPSA) is 97.4 Å². The van der Waals surface area contributed by atoms with Gasteiger partial charge < -0.3 is 24.4 Å². The van der Waals surface area contributed by atoms with Crippen molar-refractivity contribution < 1.29 is 28.6 Å². The van der Waals surface area contributed by atoms with E-state index >= 15 is 0 Å². The second kappa shape index (κ2) is 5.59. The van der Waals surface area contributed by atoms with E-state index in [9.17, 15) is 14.4 Å². The van der Waals surface area contributed by atoms with Crippen molar-refractivity contribution in [1.29, 1.82) is 0 Å². The van der Waals surface area contributed by atoms with Crippen LogP contribution in [-0.2, 0) is 9.53 Å². The Morgan fingerprint density at radius 3 is 2.79 bits per heavy atom. The highest BCUT2D eigenvalue weighted by Gasteiger charge is 2.41. The van der Waals surface area contributed by atoms with Gasteiger partial charge in [0.1, 0.15) is 0 Å². The van der Waals surface area contributed by atoms with Crippen molar-refractivity contribution in [3.05, 3.63) is 18.2 Å². The highest BCUT2D eigenvalue weighted by atomic mass is 16.7. The van der Waals surface area contributed by atoms with Crippen LogP contribution < -0.4 is 14.8 Å². The van der Waals surface area contributed by atoms with Crippen molar-refractivity contribution in [1.82, 2.24) is 9.80 Å². The first-order chi connectivity index (χ1) is 11.6. The van der Waals surface area contributed by atoms with Crippen molar-refractivity contribution in [2.75, 3.05) is 31.8 Å². The Kier molecular flexibility index (Phi) is 3.40. The number of carbonyl (C=O) groups excluding carboxylic acids is 3. The highest BCUT2D eigenvalue weighted by molar-refractivity contribution is 5.98. The maximum absolute atomic E-state index is 12.4. The van der Waals surface area contributed by atoms with E-state index in [-0.39, 0.29) is 37.9 Å². The Morgan fingerprint density at radius 1 is 1.17 bits per heavy atom. The van der Waals surface area contributed by atoms with Crippen LogP contribution in [0.2, 0.25) is 0 Å². The summed E-state index contributed by atoms with van der Waals surface area (Å²) >= 11 is 0. The zero-order valence-corrected chi connectivity index (χ0v) is 12.7. The summed E-state index contributed by atoms with van der Waals surface area (Å²) in [6, 6.07) is 4.51. The first-order valence-corrected chi connectivity index (χ1v) is 7.56. The maximum Gasteiger partial charge on any atom is 0.417 e. The van der Waals surface area contributed by atoms with Gasteiger partial charge in [0.05, 0.1) is 6.04 Å². The molecule has 24 heavy (non-hydrogen) atoms. The van der Waals surface area contributed by atoms with E-state index in [1.165, 1.54) is 0 Å². The first-order valence-electron chi connectivity index (χ1n) is 7.56. The summed E-state index contributed by atoms with van der Waals surface area (Å²) in [6.07, 6.45) is -0.0990. The van der Waals surface area contributed by atoms with Gasteiger partial charge in [-0.05, 0) is 18.6 Å². The Hall–Kier alpha value is -2.97. The smallest absolute Gasteiger partial charge is 0.417 e. The molecule has 1 N–H and O–H groups in total. The predicted octanol–water partition coefficient (Wildman–Crippen LogP) is 1.00. The van der Waals surface area contributed by atoms with Gasteiger partial charge in [-0.25, -0.2) is 14.5 Å². The Balaban J connectivity index is 1.39. The molecule has 0 saturated carbocycles. The molecule has 2 fully saturated rings. The van der Waals surface area contributed by atoms with Gasteiger partial charge in [-0.3, -0.25) is 4.79 Å². The molecule has 1 aromatic carbocycles. The fourth-order valence-corrected chi connectivity index (χ4v) is 3.03. The SMILES string of the molecule is O=C(Nc1ccc2c(c1)OCO2)N1CCC(N2C(=O)COC2=O)C1. The van der Waals surface area contributed by atoms with Crippen LogP contribution in [0, 0.1) is 0 Å². The number of nitrogens with one attached hydrogen (secondary N) is 1. The van der Waals surface area contributed by atoms with Gasteiger partial charge in [0, 0.05) is 24.8 Å². The average molecular weight is 333 g/mol. The monoisotopic (exact) mass is 333 g/mol. The Morgan fingerprint density at radius 2 is 2.00 bits per heavy atom. The van der Waals surface area contributed by atoms with Crippen LogP contribution in [0.15, 0.2) is 18.2 Å². The summed E-state index contributed by atoms with van der Waals surface area (Å²) in [6.45, 7) is 0.689. The van der Waals surface area contributed by atoms with Gasteiger partial charge in [-0.2, -0.15) is 0 Å². The number of fused-ring (bicyclic) bond motifs is 1. The van der Waals surface area contributed by atoms with Gasteiger partial charge in [0.25, 0.3) is 5.91 Å². The lowest BCUT2D eigenvalue weighted by Gasteiger charge is -2.20. The molecule has 4 rings (SSSR count). The average Bonchev–Trinajstić information content (AvgIpc) is 3.27. The van der Waals surface area contributed by atoms with Gasteiger partial charge in [-0.15, -0.1) is 0 Å². The van der Waals surface area contributed by atoms with Crippen LogP contribution in [0.3, 0.4) is 0 Å². The van der Waals surface area contributed by atoms with Crippen LogP contribution in [0.1, 0.15) is 6.42 Å². The van der Waals surface area contributed by atoms with E-state index in [1.54, 1.807) is 23.1 Å². The molecule has 9 heteroatoms.